The third-order valence-electron chi connectivity index (χ3n) is 6.83. The normalized spacial score (nSPS) is 14.2. The third kappa shape index (κ3) is 4.55. The van der Waals surface area contributed by atoms with Crippen LogP contribution in [0.2, 0.25) is 0 Å². The minimum absolute atomic E-state index is 0.599. The Bertz CT molecular complexity index is 1420. The molecule has 2 aromatic heterocycles. The monoisotopic (exact) mass is 485 g/mol. The summed E-state index contributed by atoms with van der Waals surface area (Å²) in [4.78, 5) is 9.63. The van der Waals surface area contributed by atoms with Gasteiger partial charge in [0.15, 0.2) is 5.65 Å². The summed E-state index contributed by atoms with van der Waals surface area (Å²) in [6.45, 7) is 7.63. The van der Waals surface area contributed by atoms with E-state index in [-0.39, 0.29) is 0 Å². The van der Waals surface area contributed by atoms with Crippen molar-refractivity contribution in [3.05, 3.63) is 65.2 Å². The lowest BCUT2D eigenvalue weighted by Gasteiger charge is -2.32. The summed E-state index contributed by atoms with van der Waals surface area (Å²) in [5.41, 5.74) is 5.06. The number of aromatic nitrogens is 2. The summed E-state index contributed by atoms with van der Waals surface area (Å²) in [7, 11) is 3.36. The summed E-state index contributed by atoms with van der Waals surface area (Å²) in [6.07, 6.45) is 0. The Kier molecular flexibility index (Phi) is 6.94. The maximum absolute atomic E-state index is 9.94. The molecule has 1 aliphatic rings. The van der Waals surface area contributed by atoms with Gasteiger partial charge in [-0.1, -0.05) is 12.1 Å². The Morgan fingerprint density at radius 3 is 2.64 bits per heavy atom. The number of imidazole rings is 1. The van der Waals surface area contributed by atoms with Gasteiger partial charge in [-0.05, 0) is 48.9 Å². The van der Waals surface area contributed by atoms with Crippen LogP contribution in [0.15, 0.2) is 48.5 Å². The number of pyridine rings is 1. The van der Waals surface area contributed by atoms with Gasteiger partial charge >= 0.3 is 0 Å². The number of hydrogen-bond donors (Lipinski definition) is 0. The Balaban J connectivity index is 1.64. The predicted molar refractivity (Wildman–Crippen MR) is 140 cm³/mol. The van der Waals surface area contributed by atoms with E-state index in [1.54, 1.807) is 14.2 Å². The van der Waals surface area contributed by atoms with Crippen molar-refractivity contribution in [2.75, 3.05) is 58.5 Å². The molecule has 1 aliphatic heterocycles. The zero-order valence-electron chi connectivity index (χ0n) is 21.0. The van der Waals surface area contributed by atoms with Gasteiger partial charge in [0, 0.05) is 38.3 Å². The fraction of sp³-hybridized carbons (Fsp3) is 0.357. The number of benzene rings is 2. The highest BCUT2D eigenvalue weighted by molar-refractivity contribution is 5.85. The van der Waals surface area contributed by atoms with Crippen LogP contribution in [-0.4, -0.2) is 67.9 Å². The number of morpholine rings is 1. The molecule has 1 saturated heterocycles. The molecule has 1 fully saturated rings. The number of rotatable bonds is 8. The van der Waals surface area contributed by atoms with Crippen molar-refractivity contribution in [3.8, 4) is 17.6 Å². The van der Waals surface area contributed by atoms with Crippen molar-refractivity contribution in [1.82, 2.24) is 14.3 Å². The maximum atomic E-state index is 9.94. The van der Waals surface area contributed by atoms with Crippen molar-refractivity contribution >= 4 is 22.5 Å². The molecule has 3 heterocycles. The van der Waals surface area contributed by atoms with Gasteiger partial charge in [0.1, 0.15) is 23.4 Å². The molecule has 8 nitrogen and oxygen atoms in total. The lowest BCUT2D eigenvalue weighted by Crippen LogP contribution is -2.41. The van der Waals surface area contributed by atoms with Crippen LogP contribution >= 0.6 is 0 Å². The van der Waals surface area contributed by atoms with E-state index >= 15 is 0 Å². The lowest BCUT2D eigenvalue weighted by atomic mass is 10.1. The van der Waals surface area contributed by atoms with Gasteiger partial charge in [-0.15, -0.1) is 0 Å². The molecule has 4 aromatic rings. The molecule has 0 radical (unpaired) electrons. The second-order valence-corrected chi connectivity index (χ2v) is 8.99. The van der Waals surface area contributed by atoms with E-state index in [0.29, 0.717) is 17.8 Å². The van der Waals surface area contributed by atoms with E-state index < -0.39 is 0 Å². The van der Waals surface area contributed by atoms with Gasteiger partial charge in [-0.3, -0.25) is 9.30 Å². The number of nitrogens with zero attached hydrogens (tertiary/aromatic N) is 5. The number of aryl methyl sites for hydroxylation is 1. The predicted octanol–water partition coefficient (Wildman–Crippen LogP) is 4.02. The number of hydrogen-bond acceptors (Lipinski definition) is 7. The summed E-state index contributed by atoms with van der Waals surface area (Å²) >= 11 is 0. The highest BCUT2D eigenvalue weighted by Gasteiger charge is 2.21. The van der Waals surface area contributed by atoms with Crippen LogP contribution in [0.3, 0.4) is 0 Å². The summed E-state index contributed by atoms with van der Waals surface area (Å²) in [5.74, 6) is 2.59. The van der Waals surface area contributed by atoms with Gasteiger partial charge in [-0.25, -0.2) is 4.98 Å². The van der Waals surface area contributed by atoms with Crippen molar-refractivity contribution in [2.24, 2.45) is 0 Å². The molecule has 0 aliphatic carbocycles. The first-order valence-corrected chi connectivity index (χ1v) is 12.2. The van der Waals surface area contributed by atoms with E-state index in [1.165, 1.54) is 0 Å². The SMILES string of the molecule is COc1ccc(OC)c(CN(CCN2CCOCC2)c2cc(C)c(C#N)c3nc4ccccc4n23)c1. The smallest absolute Gasteiger partial charge is 0.157 e. The van der Waals surface area contributed by atoms with Gasteiger partial charge in [0.2, 0.25) is 0 Å². The average molecular weight is 486 g/mol. The van der Waals surface area contributed by atoms with Crippen LogP contribution < -0.4 is 14.4 Å². The quantitative estimate of drug-likeness (QED) is 0.373. The molecule has 0 unspecified atom stereocenters. The molecular formula is C28H31N5O3. The number of para-hydroxylation sites is 2. The molecule has 2 aromatic carbocycles. The molecule has 36 heavy (non-hydrogen) atoms. The molecule has 186 valence electrons. The minimum Gasteiger partial charge on any atom is -0.497 e. The average Bonchev–Trinajstić information content (AvgIpc) is 3.30. The molecule has 0 saturated carbocycles. The fourth-order valence-corrected chi connectivity index (χ4v) is 4.88. The third-order valence-corrected chi connectivity index (χ3v) is 6.83. The Hall–Kier alpha value is -3.80. The van der Waals surface area contributed by atoms with Crippen LogP contribution in [0, 0.1) is 18.3 Å². The van der Waals surface area contributed by atoms with Crippen LogP contribution in [0.4, 0.5) is 5.82 Å². The topological polar surface area (TPSA) is 75.3 Å². The van der Waals surface area contributed by atoms with Gasteiger partial charge in [0.25, 0.3) is 0 Å². The van der Waals surface area contributed by atoms with Gasteiger partial charge < -0.3 is 19.1 Å². The second-order valence-electron chi connectivity index (χ2n) is 8.99. The maximum Gasteiger partial charge on any atom is 0.157 e. The first-order chi connectivity index (χ1) is 17.6. The van der Waals surface area contributed by atoms with Crippen LogP contribution in [0.25, 0.3) is 16.7 Å². The van der Waals surface area contributed by atoms with Crippen molar-refractivity contribution < 1.29 is 14.2 Å². The Labute approximate surface area is 211 Å². The largest absolute Gasteiger partial charge is 0.497 e. The van der Waals surface area contributed by atoms with Crippen molar-refractivity contribution in [3.63, 3.8) is 0 Å². The van der Waals surface area contributed by atoms with E-state index in [0.717, 1.165) is 78.9 Å². The molecule has 5 rings (SSSR count). The van der Waals surface area contributed by atoms with Gasteiger partial charge in [-0.2, -0.15) is 5.26 Å². The zero-order chi connectivity index (χ0) is 25.1. The Morgan fingerprint density at radius 1 is 1.08 bits per heavy atom. The fourth-order valence-electron chi connectivity index (χ4n) is 4.88. The number of methoxy groups -OCH3 is 2. The summed E-state index contributed by atoms with van der Waals surface area (Å²) < 4.78 is 18.9. The minimum atomic E-state index is 0.599. The molecule has 0 spiro atoms. The summed E-state index contributed by atoms with van der Waals surface area (Å²) in [5, 5.41) is 9.94. The van der Waals surface area contributed by atoms with Crippen molar-refractivity contribution in [2.45, 2.75) is 13.5 Å². The molecule has 0 N–H and O–H groups in total. The van der Waals surface area contributed by atoms with Crippen LogP contribution in [0.1, 0.15) is 16.7 Å². The second kappa shape index (κ2) is 10.4. The first-order valence-electron chi connectivity index (χ1n) is 12.2. The standard InChI is InChI=1S/C28H31N5O3/c1-20-16-27(33-25-7-5-4-6-24(25)30-28(33)23(20)18-29)32(11-10-31-12-14-36-15-13-31)19-21-17-22(34-2)8-9-26(21)35-3/h4-9,16-17H,10-15,19H2,1-3H3. The number of fused-ring (bicyclic) bond motifs is 3. The Morgan fingerprint density at radius 2 is 1.89 bits per heavy atom. The van der Waals surface area contributed by atoms with Gasteiger partial charge in [0.05, 0.1) is 44.0 Å². The highest BCUT2D eigenvalue weighted by atomic mass is 16.5. The number of nitriles is 1. The van der Waals surface area contributed by atoms with Crippen LogP contribution in [-0.2, 0) is 11.3 Å². The highest BCUT2D eigenvalue weighted by Crippen LogP contribution is 2.32. The van der Waals surface area contributed by atoms with E-state index in [2.05, 4.69) is 32.4 Å². The van der Waals surface area contributed by atoms with E-state index in [1.807, 2.05) is 43.3 Å². The number of ether oxygens (including phenoxy) is 3. The van der Waals surface area contributed by atoms with E-state index in [4.69, 9.17) is 19.2 Å². The molecule has 8 heteroatoms. The molecular weight excluding hydrogens is 454 g/mol. The number of anilines is 1. The zero-order valence-corrected chi connectivity index (χ0v) is 21.0. The van der Waals surface area contributed by atoms with Crippen LogP contribution in [0.5, 0.6) is 11.5 Å². The first kappa shape index (κ1) is 23.9. The molecule has 0 bridgehead atoms. The summed E-state index contributed by atoms with van der Waals surface area (Å²) in [6, 6.07) is 18.4. The molecule has 0 amide bonds. The van der Waals surface area contributed by atoms with E-state index in [9.17, 15) is 5.26 Å². The van der Waals surface area contributed by atoms with Crippen molar-refractivity contribution in [1.29, 1.82) is 5.26 Å². The molecule has 0 atom stereocenters. The lowest BCUT2D eigenvalue weighted by molar-refractivity contribution is 0.0391.